The molecule has 0 bridgehead atoms. The molecule has 1 amide bonds. The van der Waals surface area contributed by atoms with E-state index in [1.54, 1.807) is 6.20 Å². The minimum atomic E-state index is 0.0926. The van der Waals surface area contributed by atoms with E-state index in [9.17, 15) is 9.59 Å². The Hall–Kier alpha value is -3.13. The number of aldehydes is 1. The van der Waals surface area contributed by atoms with Gasteiger partial charge < -0.3 is 25.4 Å². The first-order valence-corrected chi connectivity index (χ1v) is 12.2. The molecule has 2 aliphatic rings. The zero-order chi connectivity index (χ0) is 24.2. The van der Waals surface area contributed by atoms with Crippen LogP contribution in [0.25, 0.3) is 16.6 Å². The number of hydrogen-bond acceptors (Lipinski definition) is 6. The van der Waals surface area contributed by atoms with E-state index in [1.807, 2.05) is 30.2 Å². The fourth-order valence-corrected chi connectivity index (χ4v) is 4.66. The van der Waals surface area contributed by atoms with Crippen molar-refractivity contribution in [1.29, 1.82) is 0 Å². The quantitative estimate of drug-likeness (QED) is 0.300. The standard InChI is InChI=1S/C26H36N6O2/c1-5-17(2)14-28-22(6-9-27-3)21(16-33)25-29-23-12-18-15-32(19-7-10-31(4)11-8-19)26(34)20(18)13-24(23)30-25/h6,9,12-13,16-17,19,27-28H,5,7-8,10-11,14-15H2,1-4H3,(H,29,30)/b9-6-,22-21-. The summed E-state index contributed by atoms with van der Waals surface area (Å²) < 4.78 is 0. The predicted octanol–water partition coefficient (Wildman–Crippen LogP) is 2.89. The Morgan fingerprint density at radius 2 is 2.09 bits per heavy atom. The van der Waals surface area contributed by atoms with Crippen molar-refractivity contribution >= 4 is 28.8 Å². The summed E-state index contributed by atoms with van der Waals surface area (Å²) in [5.41, 5.74) is 4.46. The number of carbonyl (C=O) groups excluding carboxylic acids is 2. The maximum Gasteiger partial charge on any atom is 0.254 e. The van der Waals surface area contributed by atoms with Crippen LogP contribution in [0.1, 0.15) is 54.9 Å². The number of piperidine rings is 1. The number of nitrogens with one attached hydrogen (secondary N) is 3. The van der Waals surface area contributed by atoms with Crippen LogP contribution in [0.15, 0.2) is 30.1 Å². The number of likely N-dealkylation sites (tertiary alicyclic amines) is 1. The summed E-state index contributed by atoms with van der Waals surface area (Å²) in [5.74, 6) is 1.07. The lowest BCUT2D eigenvalue weighted by atomic mass is 10.0. The van der Waals surface area contributed by atoms with Crippen molar-refractivity contribution in [2.45, 2.75) is 45.7 Å². The summed E-state index contributed by atoms with van der Waals surface area (Å²) in [4.78, 5) is 37.7. The molecule has 2 aromatic rings. The van der Waals surface area contributed by atoms with Gasteiger partial charge >= 0.3 is 0 Å². The lowest BCUT2D eigenvalue weighted by molar-refractivity contribution is -0.103. The molecule has 1 atom stereocenters. The normalized spacial score (nSPS) is 18.9. The van der Waals surface area contributed by atoms with Crippen molar-refractivity contribution in [3.8, 4) is 0 Å². The second-order valence-corrected chi connectivity index (χ2v) is 9.54. The molecule has 1 aromatic heterocycles. The number of H-pyrrole nitrogens is 1. The number of aromatic amines is 1. The predicted molar refractivity (Wildman–Crippen MR) is 135 cm³/mol. The Labute approximate surface area is 201 Å². The molecule has 2 aliphatic heterocycles. The van der Waals surface area contributed by atoms with Gasteiger partial charge in [-0.1, -0.05) is 20.3 Å². The van der Waals surface area contributed by atoms with Gasteiger partial charge in [0.25, 0.3) is 5.91 Å². The summed E-state index contributed by atoms with van der Waals surface area (Å²) in [7, 11) is 3.95. The van der Waals surface area contributed by atoms with E-state index in [0.717, 1.165) is 61.8 Å². The minimum absolute atomic E-state index is 0.0926. The summed E-state index contributed by atoms with van der Waals surface area (Å²) in [6, 6.07) is 4.19. The highest BCUT2D eigenvalue weighted by atomic mass is 16.2. The number of amides is 1. The number of hydrogen-bond donors (Lipinski definition) is 3. The molecular weight excluding hydrogens is 428 g/mol. The highest BCUT2D eigenvalue weighted by Crippen LogP contribution is 2.31. The Morgan fingerprint density at radius 1 is 1.32 bits per heavy atom. The lowest BCUT2D eigenvalue weighted by Gasteiger charge is -2.34. The van der Waals surface area contributed by atoms with Crippen LogP contribution < -0.4 is 10.6 Å². The van der Waals surface area contributed by atoms with Crippen LogP contribution in [-0.2, 0) is 11.3 Å². The number of fused-ring (bicyclic) bond motifs is 2. The molecule has 0 radical (unpaired) electrons. The molecule has 0 aliphatic carbocycles. The van der Waals surface area contributed by atoms with E-state index in [2.05, 4.69) is 41.4 Å². The van der Waals surface area contributed by atoms with E-state index in [1.165, 1.54) is 0 Å². The van der Waals surface area contributed by atoms with Gasteiger partial charge in [-0.15, -0.1) is 0 Å². The minimum Gasteiger partial charge on any atom is -0.394 e. The zero-order valence-corrected chi connectivity index (χ0v) is 20.6. The third kappa shape index (κ3) is 4.87. The highest BCUT2D eigenvalue weighted by molar-refractivity contribution is 6.08. The number of aromatic nitrogens is 2. The first-order valence-electron chi connectivity index (χ1n) is 12.2. The van der Waals surface area contributed by atoms with E-state index in [-0.39, 0.29) is 5.91 Å². The molecule has 8 nitrogen and oxygen atoms in total. The highest BCUT2D eigenvalue weighted by Gasteiger charge is 2.34. The first-order chi connectivity index (χ1) is 16.4. The smallest absolute Gasteiger partial charge is 0.254 e. The van der Waals surface area contributed by atoms with Gasteiger partial charge in [-0.05, 0) is 68.9 Å². The van der Waals surface area contributed by atoms with Crippen molar-refractivity contribution in [2.24, 2.45) is 5.92 Å². The van der Waals surface area contributed by atoms with Gasteiger partial charge in [-0.25, -0.2) is 4.98 Å². The second-order valence-electron chi connectivity index (χ2n) is 9.54. The average Bonchev–Trinajstić information content (AvgIpc) is 3.39. The van der Waals surface area contributed by atoms with Gasteiger partial charge in [-0.3, -0.25) is 9.59 Å². The Bertz CT molecular complexity index is 1110. The fraction of sp³-hybridized carbons (Fsp3) is 0.500. The third-order valence-electron chi connectivity index (χ3n) is 7.09. The lowest BCUT2D eigenvalue weighted by Crippen LogP contribution is -2.43. The number of carbonyl (C=O) groups is 2. The monoisotopic (exact) mass is 464 g/mol. The van der Waals surface area contributed by atoms with Crippen LogP contribution in [0.2, 0.25) is 0 Å². The van der Waals surface area contributed by atoms with Crippen molar-refractivity contribution in [1.82, 2.24) is 30.4 Å². The SMILES string of the molecule is CCC(C)CNC(/C=C\NC)=C(/C=O)c1nc2cc3c(cc2[nH]1)CN(C1CCN(C)CC1)C3=O. The molecule has 1 aromatic carbocycles. The first kappa shape index (κ1) is 24.0. The Morgan fingerprint density at radius 3 is 2.76 bits per heavy atom. The summed E-state index contributed by atoms with van der Waals surface area (Å²) >= 11 is 0. The van der Waals surface area contributed by atoms with Crippen molar-refractivity contribution in [3.63, 3.8) is 0 Å². The molecule has 34 heavy (non-hydrogen) atoms. The molecule has 0 spiro atoms. The van der Waals surface area contributed by atoms with Gasteiger partial charge in [0.15, 0.2) is 6.29 Å². The van der Waals surface area contributed by atoms with Crippen molar-refractivity contribution in [3.05, 3.63) is 47.1 Å². The van der Waals surface area contributed by atoms with Gasteiger partial charge in [0, 0.05) is 37.4 Å². The number of rotatable bonds is 9. The van der Waals surface area contributed by atoms with Gasteiger partial charge in [0.1, 0.15) is 5.82 Å². The molecular formula is C26H36N6O2. The molecule has 182 valence electrons. The van der Waals surface area contributed by atoms with Gasteiger partial charge in [0.2, 0.25) is 0 Å². The molecule has 3 N–H and O–H groups in total. The summed E-state index contributed by atoms with van der Waals surface area (Å²) in [6.45, 7) is 7.75. The van der Waals surface area contributed by atoms with E-state index in [4.69, 9.17) is 4.98 Å². The fourth-order valence-electron chi connectivity index (χ4n) is 4.66. The van der Waals surface area contributed by atoms with Crippen LogP contribution in [0.5, 0.6) is 0 Å². The molecule has 4 rings (SSSR count). The van der Waals surface area contributed by atoms with Crippen LogP contribution in [0.3, 0.4) is 0 Å². The van der Waals surface area contributed by atoms with Crippen LogP contribution in [0, 0.1) is 5.92 Å². The maximum absolute atomic E-state index is 13.2. The van der Waals surface area contributed by atoms with E-state index < -0.39 is 0 Å². The largest absolute Gasteiger partial charge is 0.394 e. The second kappa shape index (κ2) is 10.4. The van der Waals surface area contributed by atoms with Crippen molar-refractivity contribution in [2.75, 3.05) is 33.7 Å². The Balaban J connectivity index is 1.63. The molecule has 8 heteroatoms. The molecule has 1 unspecified atom stereocenters. The van der Waals surface area contributed by atoms with Gasteiger partial charge in [-0.2, -0.15) is 0 Å². The molecule has 1 fully saturated rings. The number of allylic oxidation sites excluding steroid dienone is 2. The van der Waals surface area contributed by atoms with Crippen LogP contribution in [-0.4, -0.2) is 71.7 Å². The zero-order valence-electron chi connectivity index (χ0n) is 20.6. The third-order valence-corrected chi connectivity index (χ3v) is 7.09. The molecule has 0 saturated carbocycles. The van der Waals surface area contributed by atoms with Gasteiger partial charge in [0.05, 0.1) is 16.6 Å². The summed E-state index contributed by atoms with van der Waals surface area (Å²) in [5, 5.41) is 6.37. The molecule has 3 heterocycles. The van der Waals surface area contributed by atoms with E-state index in [0.29, 0.717) is 41.1 Å². The van der Waals surface area contributed by atoms with Crippen LogP contribution >= 0.6 is 0 Å². The number of benzene rings is 1. The molecule has 1 saturated heterocycles. The number of nitrogens with zero attached hydrogens (tertiary/aromatic N) is 3. The topological polar surface area (TPSA) is 93.4 Å². The Kier molecular flexibility index (Phi) is 7.36. The maximum atomic E-state index is 13.2. The summed E-state index contributed by atoms with van der Waals surface area (Å²) in [6.07, 6.45) is 7.54. The number of imidazole rings is 1. The van der Waals surface area contributed by atoms with Crippen LogP contribution in [0.4, 0.5) is 0 Å². The average molecular weight is 465 g/mol. The van der Waals surface area contributed by atoms with E-state index >= 15 is 0 Å². The van der Waals surface area contributed by atoms with Crippen molar-refractivity contribution < 1.29 is 9.59 Å².